The molecular weight excluding hydrogens is 394 g/mol. The number of halogens is 1. The van der Waals surface area contributed by atoms with Crippen LogP contribution in [0.3, 0.4) is 0 Å². The Hall–Kier alpha value is -1.93. The Morgan fingerprint density at radius 1 is 1.38 bits per heavy atom. The predicted molar refractivity (Wildman–Crippen MR) is 94.8 cm³/mol. The second kappa shape index (κ2) is 7.76. The number of aromatic nitrogens is 1. The number of carbonyl (C=O) groups is 2. The monoisotopic (exact) mass is 409 g/mol. The van der Waals surface area contributed by atoms with Crippen LogP contribution in [0.4, 0.5) is 9.93 Å². The molecule has 24 heavy (non-hydrogen) atoms. The number of carbonyl (C=O) groups excluding carboxylic acids is 2. The Bertz CT molecular complexity index is 722. The lowest BCUT2D eigenvalue weighted by Gasteiger charge is -2.22. The fourth-order valence-electron chi connectivity index (χ4n) is 2.56. The summed E-state index contributed by atoms with van der Waals surface area (Å²) < 4.78 is 6.17. The number of rotatable bonds is 4. The summed E-state index contributed by atoms with van der Waals surface area (Å²) in [5.74, 6) is -0.231. The standard InChI is InChI=1S/C16H16BrN3O3S/c17-13-9-18-15(24-13)19-14(21)12-7-4-8-20(12)16(22)23-10-11-5-2-1-3-6-11/h1-3,5-6,9,12H,4,7-8,10H2,(H,18,19,21)/t12-/m1/s1. The minimum Gasteiger partial charge on any atom is -0.445 e. The molecule has 0 saturated carbocycles. The average molecular weight is 410 g/mol. The predicted octanol–water partition coefficient (Wildman–Crippen LogP) is 3.65. The van der Waals surface area contributed by atoms with E-state index in [1.54, 1.807) is 6.20 Å². The van der Waals surface area contributed by atoms with Gasteiger partial charge in [0, 0.05) is 6.54 Å². The van der Waals surface area contributed by atoms with Crippen LogP contribution >= 0.6 is 27.3 Å². The van der Waals surface area contributed by atoms with E-state index in [1.807, 2.05) is 30.3 Å². The van der Waals surface area contributed by atoms with E-state index in [0.29, 0.717) is 18.1 Å². The normalized spacial score (nSPS) is 16.9. The van der Waals surface area contributed by atoms with Gasteiger partial charge in [-0.2, -0.15) is 0 Å². The lowest BCUT2D eigenvalue weighted by atomic mass is 10.2. The van der Waals surface area contributed by atoms with Gasteiger partial charge in [0.25, 0.3) is 0 Å². The highest BCUT2D eigenvalue weighted by Gasteiger charge is 2.35. The number of ether oxygens (including phenoxy) is 1. The molecule has 0 radical (unpaired) electrons. The highest BCUT2D eigenvalue weighted by Crippen LogP contribution is 2.25. The van der Waals surface area contributed by atoms with Gasteiger partial charge in [0.15, 0.2) is 5.13 Å². The summed E-state index contributed by atoms with van der Waals surface area (Å²) in [7, 11) is 0. The van der Waals surface area contributed by atoms with Gasteiger partial charge in [0.1, 0.15) is 12.6 Å². The average Bonchev–Trinajstić information content (AvgIpc) is 3.22. The fourth-order valence-corrected chi connectivity index (χ4v) is 3.67. The van der Waals surface area contributed by atoms with Crippen LogP contribution in [0.25, 0.3) is 0 Å². The van der Waals surface area contributed by atoms with Gasteiger partial charge < -0.3 is 10.1 Å². The van der Waals surface area contributed by atoms with Crippen LogP contribution in [0.1, 0.15) is 18.4 Å². The molecule has 1 aliphatic rings. The molecule has 2 aromatic rings. The molecule has 0 aliphatic carbocycles. The highest BCUT2D eigenvalue weighted by atomic mass is 79.9. The largest absolute Gasteiger partial charge is 0.445 e. The van der Waals surface area contributed by atoms with E-state index < -0.39 is 12.1 Å². The van der Waals surface area contributed by atoms with Crippen molar-refractivity contribution in [1.29, 1.82) is 0 Å². The number of nitrogens with zero attached hydrogens (tertiary/aromatic N) is 2. The van der Waals surface area contributed by atoms with E-state index in [4.69, 9.17) is 4.74 Å². The second-order valence-electron chi connectivity index (χ2n) is 5.35. The van der Waals surface area contributed by atoms with Crippen molar-refractivity contribution in [3.63, 3.8) is 0 Å². The third-order valence-corrected chi connectivity index (χ3v) is 5.09. The number of hydrogen-bond donors (Lipinski definition) is 1. The van der Waals surface area contributed by atoms with E-state index >= 15 is 0 Å². The Balaban J connectivity index is 1.57. The van der Waals surface area contributed by atoms with Gasteiger partial charge in [-0.1, -0.05) is 41.7 Å². The molecule has 1 atom stereocenters. The molecule has 2 heterocycles. The third-order valence-electron chi connectivity index (χ3n) is 3.70. The molecule has 0 unspecified atom stereocenters. The maximum atomic E-state index is 12.4. The van der Waals surface area contributed by atoms with Crippen molar-refractivity contribution < 1.29 is 14.3 Å². The molecule has 1 aromatic heterocycles. The van der Waals surface area contributed by atoms with Crippen molar-refractivity contribution in [1.82, 2.24) is 9.88 Å². The van der Waals surface area contributed by atoms with Crippen LogP contribution in [0.5, 0.6) is 0 Å². The molecule has 1 aliphatic heterocycles. The van der Waals surface area contributed by atoms with Gasteiger partial charge in [0.05, 0.1) is 9.98 Å². The molecule has 8 heteroatoms. The van der Waals surface area contributed by atoms with E-state index in [9.17, 15) is 9.59 Å². The molecule has 1 saturated heterocycles. The first-order chi connectivity index (χ1) is 11.6. The van der Waals surface area contributed by atoms with Crippen molar-refractivity contribution in [2.45, 2.75) is 25.5 Å². The number of benzene rings is 1. The van der Waals surface area contributed by atoms with E-state index in [-0.39, 0.29) is 12.5 Å². The quantitative estimate of drug-likeness (QED) is 0.836. The molecule has 1 N–H and O–H groups in total. The second-order valence-corrected chi connectivity index (χ2v) is 7.76. The SMILES string of the molecule is O=C(Nc1ncc(Br)s1)[C@H]1CCCN1C(=O)OCc1ccccc1. The molecule has 126 valence electrons. The van der Waals surface area contributed by atoms with Gasteiger partial charge in [-0.25, -0.2) is 9.78 Å². The summed E-state index contributed by atoms with van der Waals surface area (Å²) in [4.78, 5) is 30.3. The zero-order chi connectivity index (χ0) is 16.9. The summed E-state index contributed by atoms with van der Waals surface area (Å²) in [6.45, 7) is 0.719. The van der Waals surface area contributed by atoms with Crippen molar-refractivity contribution in [3.8, 4) is 0 Å². The Morgan fingerprint density at radius 2 is 2.17 bits per heavy atom. The summed E-state index contributed by atoms with van der Waals surface area (Å²) in [6.07, 6.45) is 2.57. The Kier molecular flexibility index (Phi) is 5.47. The molecule has 0 bridgehead atoms. The summed E-state index contributed by atoms with van der Waals surface area (Å²) in [6, 6.07) is 8.95. The molecule has 6 nitrogen and oxygen atoms in total. The fraction of sp³-hybridized carbons (Fsp3) is 0.312. The Morgan fingerprint density at radius 3 is 2.88 bits per heavy atom. The number of likely N-dealkylation sites (tertiary alicyclic amines) is 1. The number of anilines is 1. The van der Waals surface area contributed by atoms with Gasteiger partial charge in [0.2, 0.25) is 5.91 Å². The van der Waals surface area contributed by atoms with Gasteiger partial charge >= 0.3 is 6.09 Å². The van der Waals surface area contributed by atoms with Gasteiger partial charge in [-0.05, 0) is 34.3 Å². The molecule has 2 amide bonds. The van der Waals surface area contributed by atoms with Crippen molar-refractivity contribution in [2.75, 3.05) is 11.9 Å². The lowest BCUT2D eigenvalue weighted by Crippen LogP contribution is -2.43. The first-order valence-corrected chi connectivity index (χ1v) is 9.14. The minimum atomic E-state index is -0.518. The Labute approximate surface area is 152 Å². The number of nitrogens with one attached hydrogen (secondary N) is 1. The summed E-state index contributed by atoms with van der Waals surface area (Å²) in [5, 5.41) is 3.26. The molecular formula is C16H16BrN3O3S. The van der Waals surface area contributed by atoms with Crippen LogP contribution < -0.4 is 5.32 Å². The zero-order valence-electron chi connectivity index (χ0n) is 12.8. The number of hydrogen-bond acceptors (Lipinski definition) is 5. The molecule has 3 rings (SSSR count). The van der Waals surface area contributed by atoms with E-state index in [1.165, 1.54) is 16.2 Å². The van der Waals surface area contributed by atoms with Gasteiger partial charge in [-0.15, -0.1) is 0 Å². The first kappa shape index (κ1) is 16.9. The van der Waals surface area contributed by atoms with Crippen LogP contribution in [0.2, 0.25) is 0 Å². The van der Waals surface area contributed by atoms with Crippen molar-refractivity contribution >= 4 is 44.4 Å². The maximum Gasteiger partial charge on any atom is 0.410 e. The molecule has 1 fully saturated rings. The summed E-state index contributed by atoms with van der Waals surface area (Å²) >= 11 is 4.63. The first-order valence-electron chi connectivity index (χ1n) is 7.53. The van der Waals surface area contributed by atoms with Crippen LogP contribution in [-0.4, -0.2) is 34.5 Å². The van der Waals surface area contributed by atoms with E-state index in [2.05, 4.69) is 26.2 Å². The number of thiazole rings is 1. The lowest BCUT2D eigenvalue weighted by molar-refractivity contribution is -0.120. The maximum absolute atomic E-state index is 12.4. The van der Waals surface area contributed by atoms with Crippen LogP contribution in [-0.2, 0) is 16.1 Å². The van der Waals surface area contributed by atoms with Gasteiger partial charge in [-0.3, -0.25) is 9.69 Å². The van der Waals surface area contributed by atoms with Crippen LogP contribution in [0, 0.1) is 0 Å². The topological polar surface area (TPSA) is 71.5 Å². The summed E-state index contributed by atoms with van der Waals surface area (Å²) in [5.41, 5.74) is 0.915. The highest BCUT2D eigenvalue weighted by molar-refractivity contribution is 9.11. The molecule has 0 spiro atoms. The molecule has 1 aromatic carbocycles. The minimum absolute atomic E-state index is 0.198. The van der Waals surface area contributed by atoms with Crippen molar-refractivity contribution in [3.05, 3.63) is 45.9 Å². The number of amides is 2. The van der Waals surface area contributed by atoms with Crippen molar-refractivity contribution in [2.24, 2.45) is 0 Å². The third kappa shape index (κ3) is 4.12. The van der Waals surface area contributed by atoms with Crippen LogP contribution in [0.15, 0.2) is 40.3 Å². The smallest absolute Gasteiger partial charge is 0.410 e. The zero-order valence-corrected chi connectivity index (χ0v) is 15.2. The van der Waals surface area contributed by atoms with E-state index in [0.717, 1.165) is 15.8 Å².